The quantitative estimate of drug-likeness (QED) is 0.843. The van der Waals surface area contributed by atoms with Gasteiger partial charge in [0.25, 0.3) is 5.91 Å². The summed E-state index contributed by atoms with van der Waals surface area (Å²) in [4.78, 5) is 26.4. The normalized spacial score (nSPS) is 16.8. The molecule has 6 nitrogen and oxygen atoms in total. The van der Waals surface area contributed by atoms with Crippen molar-refractivity contribution in [3.63, 3.8) is 0 Å². The van der Waals surface area contributed by atoms with E-state index in [0.29, 0.717) is 17.9 Å². The highest BCUT2D eigenvalue weighted by Crippen LogP contribution is 2.42. The second-order valence-electron chi connectivity index (χ2n) is 6.39. The standard InChI is InChI=1S/C21H21NO5/c1-4-27-17-11-14(7-10-16(17)24)19-18(13(3)23)20(25)21(26)22(19)15-8-5-12(2)6-9-15/h5-11,19,24-25H,4H2,1-3H3/t19-/m0/s1. The third-order valence-corrected chi connectivity index (χ3v) is 4.50. The average molecular weight is 367 g/mol. The van der Waals surface area contributed by atoms with Gasteiger partial charge in [0.1, 0.15) is 0 Å². The van der Waals surface area contributed by atoms with E-state index < -0.39 is 23.5 Å². The van der Waals surface area contributed by atoms with Crippen molar-refractivity contribution in [2.24, 2.45) is 0 Å². The lowest BCUT2D eigenvalue weighted by molar-refractivity contribution is -0.117. The van der Waals surface area contributed by atoms with Gasteiger partial charge in [-0.05, 0) is 50.6 Å². The first-order chi connectivity index (χ1) is 12.8. The molecular formula is C21H21NO5. The topological polar surface area (TPSA) is 87.1 Å². The molecule has 0 spiro atoms. The molecule has 0 unspecified atom stereocenters. The molecule has 0 saturated carbocycles. The van der Waals surface area contributed by atoms with Gasteiger partial charge in [-0.3, -0.25) is 14.5 Å². The average Bonchev–Trinajstić information content (AvgIpc) is 2.89. The number of ether oxygens (including phenoxy) is 1. The number of hydrogen-bond acceptors (Lipinski definition) is 5. The number of aliphatic hydroxyl groups excluding tert-OH is 1. The number of hydrogen-bond donors (Lipinski definition) is 2. The van der Waals surface area contributed by atoms with Crippen molar-refractivity contribution in [1.82, 2.24) is 0 Å². The second-order valence-corrected chi connectivity index (χ2v) is 6.39. The number of ketones is 1. The van der Waals surface area contributed by atoms with E-state index in [4.69, 9.17) is 4.74 Å². The Morgan fingerprint density at radius 1 is 1.15 bits per heavy atom. The fourth-order valence-corrected chi connectivity index (χ4v) is 3.22. The van der Waals surface area contributed by atoms with E-state index in [0.717, 1.165) is 5.56 Å². The number of benzene rings is 2. The summed E-state index contributed by atoms with van der Waals surface area (Å²) in [5.74, 6) is -1.38. The van der Waals surface area contributed by atoms with Crippen molar-refractivity contribution >= 4 is 17.4 Å². The Balaban J connectivity index is 2.17. The van der Waals surface area contributed by atoms with Crippen LogP contribution in [0.5, 0.6) is 11.5 Å². The van der Waals surface area contributed by atoms with Crippen molar-refractivity contribution in [2.75, 3.05) is 11.5 Å². The minimum absolute atomic E-state index is 0.0220. The number of aryl methyl sites for hydroxylation is 1. The van der Waals surface area contributed by atoms with Crippen molar-refractivity contribution in [2.45, 2.75) is 26.8 Å². The van der Waals surface area contributed by atoms with Gasteiger partial charge in [-0.1, -0.05) is 23.8 Å². The Hall–Kier alpha value is -3.28. The summed E-state index contributed by atoms with van der Waals surface area (Å²) in [5, 5.41) is 20.3. The van der Waals surface area contributed by atoms with Crippen LogP contribution in [0.2, 0.25) is 0 Å². The largest absolute Gasteiger partial charge is 0.504 e. The zero-order valence-electron chi connectivity index (χ0n) is 15.4. The van der Waals surface area contributed by atoms with Gasteiger partial charge in [-0.25, -0.2) is 0 Å². The Morgan fingerprint density at radius 3 is 2.41 bits per heavy atom. The Kier molecular flexibility index (Phi) is 4.90. The van der Waals surface area contributed by atoms with Gasteiger partial charge >= 0.3 is 0 Å². The van der Waals surface area contributed by atoms with Crippen LogP contribution >= 0.6 is 0 Å². The third-order valence-electron chi connectivity index (χ3n) is 4.50. The Morgan fingerprint density at radius 2 is 1.81 bits per heavy atom. The summed E-state index contributed by atoms with van der Waals surface area (Å²) in [6.45, 7) is 5.38. The molecule has 6 heteroatoms. The summed E-state index contributed by atoms with van der Waals surface area (Å²) < 4.78 is 5.43. The molecule has 1 aliphatic heterocycles. The summed E-state index contributed by atoms with van der Waals surface area (Å²) in [6.07, 6.45) is 0. The van der Waals surface area contributed by atoms with Crippen molar-refractivity contribution in [1.29, 1.82) is 0 Å². The minimum Gasteiger partial charge on any atom is -0.504 e. The number of Topliss-reactive ketones (excluding diaryl/α,β-unsaturated/α-hetero) is 1. The number of phenolic OH excluding ortho intramolecular Hbond substituents is 1. The van der Waals surface area contributed by atoms with E-state index in [2.05, 4.69) is 0 Å². The number of aliphatic hydroxyl groups is 1. The fraction of sp³-hybridized carbons (Fsp3) is 0.238. The van der Waals surface area contributed by atoms with Crippen LogP contribution in [-0.2, 0) is 9.59 Å². The van der Waals surface area contributed by atoms with Crippen LogP contribution in [0.25, 0.3) is 0 Å². The number of rotatable bonds is 5. The van der Waals surface area contributed by atoms with Gasteiger partial charge in [0.2, 0.25) is 0 Å². The molecule has 1 heterocycles. The first-order valence-corrected chi connectivity index (χ1v) is 8.65. The minimum atomic E-state index is -0.808. The molecule has 0 bridgehead atoms. The van der Waals surface area contributed by atoms with Crippen LogP contribution in [0.1, 0.15) is 31.0 Å². The van der Waals surface area contributed by atoms with E-state index >= 15 is 0 Å². The molecule has 0 saturated heterocycles. The number of aromatic hydroxyl groups is 1. The van der Waals surface area contributed by atoms with E-state index in [1.54, 1.807) is 31.2 Å². The molecule has 0 fully saturated rings. The molecule has 2 N–H and O–H groups in total. The summed E-state index contributed by atoms with van der Waals surface area (Å²) in [5.41, 5.74) is 2.16. The molecule has 1 atom stereocenters. The van der Waals surface area contributed by atoms with Crippen LogP contribution in [0.4, 0.5) is 5.69 Å². The molecule has 0 aliphatic carbocycles. The molecule has 3 rings (SSSR count). The smallest absolute Gasteiger partial charge is 0.294 e. The van der Waals surface area contributed by atoms with Crippen LogP contribution < -0.4 is 9.64 Å². The number of amides is 1. The maximum Gasteiger partial charge on any atom is 0.294 e. The SMILES string of the molecule is CCOc1cc([C@H]2C(C(C)=O)=C(O)C(=O)N2c2ccc(C)cc2)ccc1O. The highest BCUT2D eigenvalue weighted by molar-refractivity contribution is 6.16. The van der Waals surface area contributed by atoms with Gasteiger partial charge < -0.3 is 14.9 Å². The highest BCUT2D eigenvalue weighted by Gasteiger charge is 2.43. The fourth-order valence-electron chi connectivity index (χ4n) is 3.22. The number of carbonyl (C=O) groups is 2. The van der Waals surface area contributed by atoms with Crippen molar-refractivity contribution in [3.05, 3.63) is 64.9 Å². The zero-order valence-corrected chi connectivity index (χ0v) is 15.4. The lowest BCUT2D eigenvalue weighted by atomic mass is 9.96. The summed E-state index contributed by atoms with van der Waals surface area (Å²) >= 11 is 0. The zero-order chi connectivity index (χ0) is 19.7. The van der Waals surface area contributed by atoms with E-state index in [1.807, 2.05) is 19.1 Å². The predicted octanol–water partition coefficient (Wildman–Crippen LogP) is 3.59. The highest BCUT2D eigenvalue weighted by atomic mass is 16.5. The van der Waals surface area contributed by atoms with Crippen LogP contribution in [0.3, 0.4) is 0 Å². The first-order valence-electron chi connectivity index (χ1n) is 8.65. The Bertz CT molecular complexity index is 930. The Labute approximate surface area is 157 Å². The third kappa shape index (κ3) is 3.26. The van der Waals surface area contributed by atoms with Crippen LogP contribution in [-0.4, -0.2) is 28.5 Å². The summed E-state index contributed by atoms with van der Waals surface area (Å²) in [6, 6.07) is 11.1. The molecule has 2 aromatic carbocycles. The molecule has 2 aromatic rings. The molecule has 0 aromatic heterocycles. The molecule has 27 heavy (non-hydrogen) atoms. The maximum absolute atomic E-state index is 12.8. The number of phenols is 1. The van der Waals surface area contributed by atoms with E-state index in [9.17, 15) is 19.8 Å². The van der Waals surface area contributed by atoms with Crippen molar-refractivity contribution in [3.8, 4) is 11.5 Å². The molecule has 1 aliphatic rings. The van der Waals surface area contributed by atoms with Crippen LogP contribution in [0, 0.1) is 6.92 Å². The van der Waals surface area contributed by atoms with E-state index in [-0.39, 0.29) is 17.1 Å². The molecule has 0 radical (unpaired) electrons. The monoisotopic (exact) mass is 367 g/mol. The molecular weight excluding hydrogens is 346 g/mol. The van der Waals surface area contributed by atoms with Gasteiger partial charge in [-0.15, -0.1) is 0 Å². The van der Waals surface area contributed by atoms with Gasteiger partial charge in [0.15, 0.2) is 23.0 Å². The number of carbonyl (C=O) groups excluding carboxylic acids is 2. The molecule has 140 valence electrons. The van der Waals surface area contributed by atoms with Gasteiger partial charge in [-0.2, -0.15) is 0 Å². The van der Waals surface area contributed by atoms with Gasteiger partial charge in [0, 0.05) is 5.69 Å². The van der Waals surface area contributed by atoms with Crippen molar-refractivity contribution < 1.29 is 24.5 Å². The predicted molar refractivity (Wildman–Crippen MR) is 101 cm³/mol. The maximum atomic E-state index is 12.8. The number of anilines is 1. The lowest BCUT2D eigenvalue weighted by Crippen LogP contribution is -2.30. The second kappa shape index (κ2) is 7.15. The van der Waals surface area contributed by atoms with Gasteiger partial charge in [0.05, 0.1) is 18.2 Å². The molecule has 1 amide bonds. The van der Waals surface area contributed by atoms with Crippen LogP contribution in [0.15, 0.2) is 53.8 Å². The lowest BCUT2D eigenvalue weighted by Gasteiger charge is -2.27. The van der Waals surface area contributed by atoms with E-state index in [1.165, 1.54) is 17.9 Å². The number of nitrogens with zero attached hydrogens (tertiary/aromatic N) is 1. The summed E-state index contributed by atoms with van der Waals surface area (Å²) in [7, 11) is 0. The first kappa shape index (κ1) is 18.5.